The van der Waals surface area contributed by atoms with E-state index in [1.165, 1.54) is 7.05 Å². The van der Waals surface area contributed by atoms with Crippen molar-refractivity contribution in [3.8, 4) is 0 Å². The maximum Gasteiger partial charge on any atom is 0.420 e. The van der Waals surface area contributed by atoms with Crippen molar-refractivity contribution in [1.29, 1.82) is 0 Å². The normalized spacial score (nSPS) is 15.8. The van der Waals surface area contributed by atoms with Crippen LogP contribution >= 0.6 is 11.6 Å². The van der Waals surface area contributed by atoms with E-state index in [1.807, 2.05) is 0 Å². The zero-order chi connectivity index (χ0) is 19.1. The third kappa shape index (κ3) is 3.39. The number of pyridine rings is 1. The van der Waals surface area contributed by atoms with Crippen molar-refractivity contribution in [3.63, 3.8) is 0 Å². The summed E-state index contributed by atoms with van der Waals surface area (Å²) in [6.45, 7) is 0. The van der Waals surface area contributed by atoms with Gasteiger partial charge in [0, 0.05) is 19.7 Å². The molecule has 0 saturated heterocycles. The van der Waals surface area contributed by atoms with Crippen LogP contribution < -0.4 is 5.01 Å². The van der Waals surface area contributed by atoms with Crippen LogP contribution in [0.1, 0.15) is 40.1 Å². The Kier molecular flexibility index (Phi) is 4.66. The topological polar surface area (TPSA) is 78.9 Å². The van der Waals surface area contributed by atoms with Crippen LogP contribution in [0.4, 0.5) is 19.0 Å². The number of carboxylic acids is 1. The number of hydrogen-bond donors (Lipinski definition) is 1. The third-order valence-electron chi connectivity index (χ3n) is 3.92. The molecule has 6 nitrogen and oxygen atoms in total. The summed E-state index contributed by atoms with van der Waals surface area (Å²) < 4.78 is 45.0. The van der Waals surface area contributed by atoms with Gasteiger partial charge in [0.1, 0.15) is 23.2 Å². The molecule has 0 radical (unpaired) electrons. The number of hydrazone groups is 1. The van der Waals surface area contributed by atoms with Gasteiger partial charge in [-0.1, -0.05) is 11.6 Å². The SMILES string of the molecule is CN(N=C1CCCc2occ(C(=O)O)c21)c1ncc(Cl)cc1C(F)(F)F. The van der Waals surface area contributed by atoms with Gasteiger partial charge in [0.15, 0.2) is 5.82 Å². The second-order valence-corrected chi connectivity index (χ2v) is 6.14. The second kappa shape index (κ2) is 6.64. The van der Waals surface area contributed by atoms with E-state index < -0.39 is 23.5 Å². The highest BCUT2D eigenvalue weighted by molar-refractivity contribution is 6.30. The lowest BCUT2D eigenvalue weighted by atomic mass is 9.93. The van der Waals surface area contributed by atoms with E-state index in [0.29, 0.717) is 36.3 Å². The Bertz CT molecular complexity index is 893. The maximum atomic E-state index is 13.3. The van der Waals surface area contributed by atoms with Crippen LogP contribution in [0.3, 0.4) is 0 Å². The Morgan fingerprint density at radius 2 is 2.15 bits per heavy atom. The molecule has 3 rings (SSSR count). The fourth-order valence-electron chi connectivity index (χ4n) is 2.82. The number of furan rings is 1. The van der Waals surface area contributed by atoms with Gasteiger partial charge >= 0.3 is 12.1 Å². The van der Waals surface area contributed by atoms with Crippen LogP contribution in [0.15, 0.2) is 28.0 Å². The molecule has 1 aliphatic rings. The molecule has 26 heavy (non-hydrogen) atoms. The van der Waals surface area contributed by atoms with Crippen molar-refractivity contribution >= 4 is 29.1 Å². The molecule has 0 saturated carbocycles. The summed E-state index contributed by atoms with van der Waals surface area (Å²) in [7, 11) is 1.31. The number of carboxylic acid groups (broad SMARTS) is 1. The van der Waals surface area contributed by atoms with Crippen LogP contribution in [0.5, 0.6) is 0 Å². The smallest absolute Gasteiger partial charge is 0.420 e. The Labute approximate surface area is 150 Å². The van der Waals surface area contributed by atoms with Gasteiger partial charge in [-0.25, -0.2) is 9.78 Å². The number of carbonyl (C=O) groups is 1. The highest BCUT2D eigenvalue weighted by atomic mass is 35.5. The molecular formula is C16H13ClF3N3O3. The molecule has 1 N–H and O–H groups in total. The largest absolute Gasteiger partial charge is 0.478 e. The molecule has 0 unspecified atom stereocenters. The molecule has 1 aliphatic carbocycles. The first-order valence-corrected chi connectivity index (χ1v) is 7.94. The van der Waals surface area contributed by atoms with Gasteiger partial charge in [-0.2, -0.15) is 18.3 Å². The van der Waals surface area contributed by atoms with Crippen molar-refractivity contribution in [2.24, 2.45) is 5.10 Å². The fraction of sp³-hybridized carbons (Fsp3) is 0.312. The van der Waals surface area contributed by atoms with Crippen molar-refractivity contribution in [1.82, 2.24) is 4.98 Å². The molecule has 10 heteroatoms. The molecule has 0 fully saturated rings. The van der Waals surface area contributed by atoms with Crippen LogP contribution in [0.2, 0.25) is 5.02 Å². The minimum atomic E-state index is -4.67. The first-order valence-electron chi connectivity index (χ1n) is 7.56. The van der Waals surface area contributed by atoms with E-state index in [4.69, 9.17) is 16.0 Å². The minimum Gasteiger partial charge on any atom is -0.478 e. The van der Waals surface area contributed by atoms with E-state index in [2.05, 4.69) is 10.1 Å². The number of aromatic carboxylic acids is 1. The van der Waals surface area contributed by atoms with Gasteiger partial charge in [0.2, 0.25) is 0 Å². The zero-order valence-electron chi connectivity index (χ0n) is 13.5. The Morgan fingerprint density at radius 3 is 2.81 bits per heavy atom. The van der Waals surface area contributed by atoms with Crippen LogP contribution in [0, 0.1) is 0 Å². The Hall–Kier alpha value is -2.55. The van der Waals surface area contributed by atoms with E-state index >= 15 is 0 Å². The predicted molar refractivity (Wildman–Crippen MR) is 87.8 cm³/mol. The molecule has 0 amide bonds. The summed E-state index contributed by atoms with van der Waals surface area (Å²) >= 11 is 5.63. The van der Waals surface area contributed by atoms with Crippen LogP contribution in [-0.4, -0.2) is 28.8 Å². The third-order valence-corrected chi connectivity index (χ3v) is 4.13. The monoisotopic (exact) mass is 387 g/mol. The van der Waals surface area contributed by atoms with Crippen molar-refractivity contribution in [3.05, 3.63) is 46.0 Å². The molecule has 2 aromatic rings. The molecule has 2 aromatic heterocycles. The summed E-state index contributed by atoms with van der Waals surface area (Å²) in [6.07, 6.45) is -0.858. The van der Waals surface area contributed by atoms with Gasteiger partial charge in [-0.3, -0.25) is 5.01 Å². The number of nitrogens with zero attached hydrogens (tertiary/aromatic N) is 3. The van der Waals surface area contributed by atoms with Gasteiger partial charge in [-0.05, 0) is 18.9 Å². The first kappa shape index (κ1) is 18.2. The molecular weight excluding hydrogens is 375 g/mol. The van der Waals surface area contributed by atoms with E-state index in [0.717, 1.165) is 23.5 Å². The second-order valence-electron chi connectivity index (χ2n) is 5.70. The summed E-state index contributed by atoms with van der Waals surface area (Å²) in [5.74, 6) is -1.16. The van der Waals surface area contributed by atoms with Gasteiger partial charge < -0.3 is 9.52 Å². The van der Waals surface area contributed by atoms with Crippen LogP contribution in [0.25, 0.3) is 0 Å². The lowest BCUT2D eigenvalue weighted by Crippen LogP contribution is -2.22. The van der Waals surface area contributed by atoms with Crippen molar-refractivity contribution in [2.75, 3.05) is 12.1 Å². The number of halogens is 4. The number of anilines is 1. The van der Waals surface area contributed by atoms with Gasteiger partial charge in [0.25, 0.3) is 0 Å². The van der Waals surface area contributed by atoms with E-state index in [9.17, 15) is 23.1 Å². The lowest BCUT2D eigenvalue weighted by Gasteiger charge is -2.21. The van der Waals surface area contributed by atoms with E-state index in [-0.39, 0.29) is 10.6 Å². The summed E-state index contributed by atoms with van der Waals surface area (Å²) in [6, 6.07) is 0.771. The molecule has 138 valence electrons. The standard InChI is InChI=1S/C16H13ClF3N3O3/c1-23(14-10(16(18,19)20)5-8(17)6-21-14)22-11-3-2-4-12-13(11)9(7-26-12)15(24)25/h5-7H,2-4H2,1H3,(H,24,25). The molecule has 0 atom stereocenters. The number of hydrogen-bond acceptors (Lipinski definition) is 5. The molecule has 0 spiro atoms. The Morgan fingerprint density at radius 1 is 1.42 bits per heavy atom. The zero-order valence-corrected chi connectivity index (χ0v) is 14.2. The average molecular weight is 388 g/mol. The van der Waals surface area contributed by atoms with Crippen molar-refractivity contribution in [2.45, 2.75) is 25.4 Å². The number of aryl methyl sites for hydroxylation is 1. The number of alkyl halides is 3. The van der Waals surface area contributed by atoms with Gasteiger partial charge in [0.05, 0.1) is 16.3 Å². The first-order chi connectivity index (χ1) is 12.2. The summed E-state index contributed by atoms with van der Waals surface area (Å²) in [5, 5.41) is 14.3. The van der Waals surface area contributed by atoms with Crippen molar-refractivity contribution < 1.29 is 27.5 Å². The molecule has 0 aliphatic heterocycles. The average Bonchev–Trinajstić information content (AvgIpc) is 2.99. The van der Waals surface area contributed by atoms with Crippen LogP contribution in [-0.2, 0) is 12.6 Å². The number of aromatic nitrogens is 1. The number of fused-ring (bicyclic) bond motifs is 1. The summed E-state index contributed by atoms with van der Waals surface area (Å²) in [5.41, 5.74) is -0.437. The minimum absolute atomic E-state index is 0.0630. The lowest BCUT2D eigenvalue weighted by molar-refractivity contribution is -0.137. The maximum absolute atomic E-state index is 13.3. The molecule has 0 aromatic carbocycles. The highest BCUT2D eigenvalue weighted by Crippen LogP contribution is 2.37. The van der Waals surface area contributed by atoms with E-state index in [1.54, 1.807) is 0 Å². The predicted octanol–water partition coefficient (Wildman–Crippen LogP) is 4.22. The molecule has 2 heterocycles. The number of rotatable bonds is 3. The summed E-state index contributed by atoms with van der Waals surface area (Å²) in [4.78, 5) is 15.1. The quantitative estimate of drug-likeness (QED) is 0.798. The van der Waals surface area contributed by atoms with Gasteiger partial charge in [-0.15, -0.1) is 0 Å². The Balaban J connectivity index is 2.06. The fourth-order valence-corrected chi connectivity index (χ4v) is 2.98. The highest BCUT2D eigenvalue weighted by Gasteiger charge is 2.36. The molecule has 0 bridgehead atoms.